The number of hydrogen-bond acceptors (Lipinski definition) is 3. The molecule has 0 aliphatic carbocycles. The zero-order valence-corrected chi connectivity index (χ0v) is 8.63. The molecule has 0 saturated heterocycles. The summed E-state index contributed by atoms with van der Waals surface area (Å²) in [6, 6.07) is 0. The molecule has 0 aliphatic heterocycles. The molecule has 0 aromatic heterocycles. The summed E-state index contributed by atoms with van der Waals surface area (Å²) in [5.41, 5.74) is 0. The second-order valence-corrected chi connectivity index (χ2v) is 3.62. The summed E-state index contributed by atoms with van der Waals surface area (Å²) >= 11 is 3.13. The van der Waals surface area contributed by atoms with Crippen molar-refractivity contribution in [1.82, 2.24) is 5.32 Å². The average Bonchev–Trinajstić information content (AvgIpc) is 2.03. The molecule has 1 atom stereocenters. The van der Waals surface area contributed by atoms with Crippen LogP contribution in [0.15, 0.2) is 0 Å². The average molecular weight is 240 g/mol. The Hall–Kier alpha value is -0.130. The van der Waals surface area contributed by atoms with E-state index in [0.29, 0.717) is 19.8 Å². The van der Waals surface area contributed by atoms with Crippen LogP contribution in [-0.4, -0.2) is 42.2 Å². The van der Waals surface area contributed by atoms with Crippen LogP contribution in [0.1, 0.15) is 6.92 Å². The van der Waals surface area contributed by atoms with Crippen LogP contribution >= 0.6 is 15.9 Å². The van der Waals surface area contributed by atoms with E-state index in [-0.39, 0.29) is 17.3 Å². The molecule has 0 bridgehead atoms. The third kappa shape index (κ3) is 6.57. The Labute approximate surface area is 80.4 Å². The maximum absolute atomic E-state index is 10.9. The predicted molar refractivity (Wildman–Crippen MR) is 49.3 cm³/mol. The molecule has 0 aliphatic rings. The fourth-order valence-corrected chi connectivity index (χ4v) is 0.716. The first kappa shape index (κ1) is 11.9. The summed E-state index contributed by atoms with van der Waals surface area (Å²) in [6.07, 6.45) is 0. The van der Waals surface area contributed by atoms with Crippen molar-refractivity contribution in [3.63, 3.8) is 0 Å². The van der Waals surface area contributed by atoms with Crippen molar-refractivity contribution in [3.05, 3.63) is 0 Å². The van der Waals surface area contributed by atoms with Crippen LogP contribution in [0.5, 0.6) is 0 Å². The molecule has 2 N–H and O–H groups in total. The molecule has 4 nitrogen and oxygen atoms in total. The van der Waals surface area contributed by atoms with Gasteiger partial charge in [0.1, 0.15) is 0 Å². The van der Waals surface area contributed by atoms with Gasteiger partial charge in [0.15, 0.2) is 0 Å². The molecule has 12 heavy (non-hydrogen) atoms. The number of carbonyl (C=O) groups is 1. The van der Waals surface area contributed by atoms with E-state index in [0.717, 1.165) is 0 Å². The lowest BCUT2D eigenvalue weighted by Gasteiger charge is -2.06. The number of nitrogens with one attached hydrogen (secondary N) is 1. The summed E-state index contributed by atoms with van der Waals surface area (Å²) < 4.78 is 4.93. The first-order valence-corrected chi connectivity index (χ1v) is 4.70. The lowest BCUT2D eigenvalue weighted by atomic mass is 10.4. The molecule has 0 aromatic carbocycles. The van der Waals surface area contributed by atoms with Crippen molar-refractivity contribution in [3.8, 4) is 0 Å². The van der Waals surface area contributed by atoms with Crippen LogP contribution in [0.25, 0.3) is 0 Å². The number of carbonyl (C=O) groups excluding carboxylic acids is 1. The normalized spacial score (nSPS) is 12.6. The van der Waals surface area contributed by atoms with Crippen LogP contribution in [0.4, 0.5) is 0 Å². The molecule has 72 valence electrons. The summed E-state index contributed by atoms with van der Waals surface area (Å²) in [5.74, 6) is -0.0531. The van der Waals surface area contributed by atoms with Gasteiger partial charge in [0, 0.05) is 6.54 Å². The second-order valence-electron chi connectivity index (χ2n) is 2.24. The highest BCUT2D eigenvalue weighted by Gasteiger charge is 2.06. The lowest BCUT2D eigenvalue weighted by molar-refractivity contribution is -0.120. The fraction of sp³-hybridized carbons (Fsp3) is 0.857. The Balaban J connectivity index is 3.14. The van der Waals surface area contributed by atoms with E-state index in [1.807, 2.05) is 0 Å². The molecule has 1 unspecified atom stereocenters. The van der Waals surface area contributed by atoms with Gasteiger partial charge < -0.3 is 15.2 Å². The maximum Gasteiger partial charge on any atom is 0.233 e. The van der Waals surface area contributed by atoms with E-state index in [4.69, 9.17) is 9.84 Å². The van der Waals surface area contributed by atoms with Crippen molar-refractivity contribution < 1.29 is 14.6 Å². The Morgan fingerprint density at radius 3 is 2.83 bits per heavy atom. The number of ether oxygens (including phenoxy) is 1. The molecular weight excluding hydrogens is 226 g/mol. The zero-order valence-electron chi connectivity index (χ0n) is 7.05. The number of aliphatic hydroxyl groups excluding tert-OH is 1. The van der Waals surface area contributed by atoms with E-state index in [9.17, 15) is 4.79 Å². The third-order valence-electron chi connectivity index (χ3n) is 1.14. The smallest absolute Gasteiger partial charge is 0.233 e. The quantitative estimate of drug-likeness (QED) is 0.503. The van der Waals surface area contributed by atoms with Gasteiger partial charge in [-0.3, -0.25) is 4.79 Å². The number of aliphatic hydroxyl groups is 1. The van der Waals surface area contributed by atoms with Crippen molar-refractivity contribution in [2.75, 3.05) is 26.4 Å². The second kappa shape index (κ2) is 7.52. The zero-order chi connectivity index (χ0) is 9.40. The minimum Gasteiger partial charge on any atom is -0.394 e. The number of amides is 1. The van der Waals surface area contributed by atoms with E-state index < -0.39 is 0 Å². The standard InChI is InChI=1S/C7H14BrNO3/c1-6(8)7(11)9-2-4-12-5-3-10/h6,10H,2-5H2,1H3,(H,9,11). The molecule has 0 fully saturated rings. The van der Waals surface area contributed by atoms with E-state index in [1.54, 1.807) is 6.92 Å². The number of hydrogen-bond donors (Lipinski definition) is 2. The van der Waals surface area contributed by atoms with E-state index in [1.165, 1.54) is 0 Å². The highest BCUT2D eigenvalue weighted by Crippen LogP contribution is 1.95. The van der Waals surface area contributed by atoms with Gasteiger partial charge in [0.05, 0.1) is 24.6 Å². The number of halogens is 1. The minimum atomic E-state index is -0.171. The fourth-order valence-electron chi connectivity index (χ4n) is 0.554. The molecule has 0 spiro atoms. The van der Waals surface area contributed by atoms with Gasteiger partial charge in [-0.25, -0.2) is 0 Å². The molecule has 0 radical (unpaired) electrons. The largest absolute Gasteiger partial charge is 0.394 e. The number of rotatable bonds is 6. The Morgan fingerprint density at radius 2 is 2.33 bits per heavy atom. The molecule has 0 rings (SSSR count). The van der Waals surface area contributed by atoms with Crippen LogP contribution in [0.2, 0.25) is 0 Å². The van der Waals surface area contributed by atoms with Crippen molar-refractivity contribution in [1.29, 1.82) is 0 Å². The van der Waals surface area contributed by atoms with Crippen molar-refractivity contribution in [2.45, 2.75) is 11.8 Å². The summed E-state index contributed by atoms with van der Waals surface area (Å²) in [5, 5.41) is 11.0. The van der Waals surface area contributed by atoms with Crippen LogP contribution < -0.4 is 5.32 Å². The maximum atomic E-state index is 10.9. The highest BCUT2D eigenvalue weighted by atomic mass is 79.9. The van der Waals surface area contributed by atoms with Gasteiger partial charge in [-0.1, -0.05) is 15.9 Å². The summed E-state index contributed by atoms with van der Waals surface area (Å²) in [6.45, 7) is 3.01. The molecule has 1 amide bonds. The van der Waals surface area contributed by atoms with Crippen molar-refractivity contribution >= 4 is 21.8 Å². The van der Waals surface area contributed by atoms with Gasteiger partial charge in [0.25, 0.3) is 0 Å². The van der Waals surface area contributed by atoms with Gasteiger partial charge in [-0.2, -0.15) is 0 Å². The van der Waals surface area contributed by atoms with Crippen LogP contribution in [-0.2, 0) is 9.53 Å². The molecular formula is C7H14BrNO3. The highest BCUT2D eigenvalue weighted by molar-refractivity contribution is 9.10. The van der Waals surface area contributed by atoms with Gasteiger partial charge in [-0.15, -0.1) is 0 Å². The van der Waals surface area contributed by atoms with E-state index >= 15 is 0 Å². The predicted octanol–water partition coefficient (Wildman–Crippen LogP) is -0.105. The Morgan fingerprint density at radius 1 is 1.67 bits per heavy atom. The minimum absolute atomic E-state index is 0.0167. The van der Waals surface area contributed by atoms with Crippen LogP contribution in [0.3, 0.4) is 0 Å². The Bertz CT molecular complexity index is 130. The first-order valence-electron chi connectivity index (χ1n) is 3.79. The van der Waals surface area contributed by atoms with Gasteiger partial charge in [0.2, 0.25) is 5.91 Å². The number of alkyl halides is 1. The van der Waals surface area contributed by atoms with Gasteiger partial charge in [-0.05, 0) is 6.92 Å². The summed E-state index contributed by atoms with van der Waals surface area (Å²) in [7, 11) is 0. The Kier molecular flexibility index (Phi) is 7.43. The molecule has 0 heterocycles. The lowest BCUT2D eigenvalue weighted by Crippen LogP contribution is -2.32. The first-order chi connectivity index (χ1) is 5.68. The van der Waals surface area contributed by atoms with E-state index in [2.05, 4.69) is 21.2 Å². The topological polar surface area (TPSA) is 58.6 Å². The van der Waals surface area contributed by atoms with Crippen molar-refractivity contribution in [2.24, 2.45) is 0 Å². The third-order valence-corrected chi connectivity index (χ3v) is 1.56. The summed E-state index contributed by atoms with van der Waals surface area (Å²) in [4.78, 5) is 10.7. The molecule has 0 aromatic rings. The SMILES string of the molecule is CC(Br)C(=O)NCCOCCO. The molecule has 5 heteroatoms. The monoisotopic (exact) mass is 239 g/mol. The molecule has 0 saturated carbocycles. The van der Waals surface area contributed by atoms with Gasteiger partial charge >= 0.3 is 0 Å². The van der Waals surface area contributed by atoms with Crippen LogP contribution in [0, 0.1) is 0 Å².